The van der Waals surface area contributed by atoms with Gasteiger partial charge in [-0.15, -0.1) is 0 Å². The molecule has 25 heavy (non-hydrogen) atoms. The maximum atomic E-state index is 4.28. The van der Waals surface area contributed by atoms with Crippen molar-refractivity contribution in [2.24, 2.45) is 0 Å². The molecule has 1 aliphatic heterocycles. The van der Waals surface area contributed by atoms with Gasteiger partial charge in [0.15, 0.2) is 0 Å². The standard InChI is InChI=1S/C22H29N3/c1-24(16-18-5-3-2-4-6-18)21-7-9-22(10-8-21)25-14-12-19-15-23-13-11-20(19)17-25/h2-6,11,13,15,21-22H,7-10,12,14,16-17H2,1H3. The molecule has 1 fully saturated rings. The van der Waals surface area contributed by atoms with E-state index >= 15 is 0 Å². The number of nitrogens with zero attached hydrogens (tertiary/aromatic N) is 3. The normalized spacial score (nSPS) is 24.2. The van der Waals surface area contributed by atoms with Crippen molar-refractivity contribution in [2.45, 2.75) is 57.3 Å². The van der Waals surface area contributed by atoms with Crippen LogP contribution in [0.25, 0.3) is 0 Å². The highest BCUT2D eigenvalue weighted by molar-refractivity contribution is 5.25. The SMILES string of the molecule is CN(Cc1ccccc1)C1CCC(N2CCc3cnccc3C2)CC1. The Balaban J connectivity index is 1.30. The Labute approximate surface area is 151 Å². The highest BCUT2D eigenvalue weighted by Gasteiger charge is 2.29. The van der Waals surface area contributed by atoms with Gasteiger partial charge in [-0.3, -0.25) is 14.8 Å². The number of fused-ring (bicyclic) bond motifs is 1. The molecule has 132 valence electrons. The predicted octanol–water partition coefficient (Wildman–Crippen LogP) is 3.88. The van der Waals surface area contributed by atoms with Crippen molar-refractivity contribution in [1.82, 2.24) is 14.8 Å². The summed E-state index contributed by atoms with van der Waals surface area (Å²) in [7, 11) is 2.29. The van der Waals surface area contributed by atoms with Gasteiger partial charge in [0.05, 0.1) is 0 Å². The summed E-state index contributed by atoms with van der Waals surface area (Å²) in [6.07, 6.45) is 10.5. The van der Waals surface area contributed by atoms with E-state index in [0.717, 1.165) is 31.6 Å². The van der Waals surface area contributed by atoms with E-state index in [9.17, 15) is 0 Å². The summed E-state index contributed by atoms with van der Waals surface area (Å²) >= 11 is 0. The van der Waals surface area contributed by atoms with Gasteiger partial charge in [0.25, 0.3) is 0 Å². The van der Waals surface area contributed by atoms with Gasteiger partial charge in [0.1, 0.15) is 0 Å². The highest BCUT2D eigenvalue weighted by Crippen LogP contribution is 2.30. The van der Waals surface area contributed by atoms with E-state index in [1.54, 1.807) is 0 Å². The van der Waals surface area contributed by atoms with Crippen LogP contribution in [-0.4, -0.2) is 40.5 Å². The van der Waals surface area contributed by atoms with Crippen LogP contribution < -0.4 is 0 Å². The first kappa shape index (κ1) is 16.7. The van der Waals surface area contributed by atoms with E-state index in [2.05, 4.69) is 64.4 Å². The second kappa shape index (κ2) is 7.67. The minimum atomic E-state index is 0.734. The summed E-state index contributed by atoms with van der Waals surface area (Å²) in [6, 6.07) is 14.6. The third-order valence-corrected chi connectivity index (χ3v) is 6.13. The molecule has 0 amide bonds. The monoisotopic (exact) mass is 335 g/mol. The first-order valence-corrected chi connectivity index (χ1v) is 9.69. The molecule has 4 rings (SSSR count). The molecule has 0 saturated heterocycles. The van der Waals surface area contributed by atoms with Crippen molar-refractivity contribution in [3.05, 3.63) is 65.5 Å². The summed E-state index contributed by atoms with van der Waals surface area (Å²) in [5.41, 5.74) is 4.37. The average Bonchev–Trinajstić information content (AvgIpc) is 2.68. The molecule has 1 saturated carbocycles. The highest BCUT2D eigenvalue weighted by atomic mass is 15.2. The number of pyridine rings is 1. The zero-order valence-electron chi connectivity index (χ0n) is 15.3. The van der Waals surface area contributed by atoms with Crippen molar-refractivity contribution in [3.8, 4) is 0 Å². The average molecular weight is 335 g/mol. The van der Waals surface area contributed by atoms with E-state index in [1.807, 2.05) is 6.20 Å². The summed E-state index contributed by atoms with van der Waals surface area (Å²) in [5, 5.41) is 0. The fraction of sp³-hybridized carbons (Fsp3) is 0.500. The van der Waals surface area contributed by atoms with E-state index in [0.29, 0.717) is 0 Å². The minimum absolute atomic E-state index is 0.734. The Morgan fingerprint density at radius 1 is 1.04 bits per heavy atom. The molecule has 0 bridgehead atoms. The van der Waals surface area contributed by atoms with Crippen LogP contribution in [0.2, 0.25) is 0 Å². The van der Waals surface area contributed by atoms with Crippen molar-refractivity contribution in [3.63, 3.8) is 0 Å². The molecular formula is C22H29N3. The summed E-state index contributed by atoms with van der Waals surface area (Å²) in [5.74, 6) is 0. The lowest BCUT2D eigenvalue weighted by Crippen LogP contribution is -2.44. The Bertz CT molecular complexity index is 677. The van der Waals surface area contributed by atoms with Crippen LogP contribution in [0.15, 0.2) is 48.8 Å². The number of hydrogen-bond donors (Lipinski definition) is 0. The molecular weight excluding hydrogens is 306 g/mol. The molecule has 3 nitrogen and oxygen atoms in total. The molecule has 0 spiro atoms. The number of hydrogen-bond acceptors (Lipinski definition) is 3. The Morgan fingerprint density at radius 2 is 1.84 bits per heavy atom. The summed E-state index contributed by atoms with van der Waals surface area (Å²) in [4.78, 5) is 9.55. The molecule has 1 aliphatic carbocycles. The first-order chi connectivity index (χ1) is 12.3. The Hall–Kier alpha value is -1.71. The van der Waals surface area contributed by atoms with Crippen LogP contribution in [0, 0.1) is 0 Å². The smallest absolute Gasteiger partial charge is 0.0303 e. The van der Waals surface area contributed by atoms with Crippen LogP contribution in [0.5, 0.6) is 0 Å². The van der Waals surface area contributed by atoms with E-state index in [1.165, 1.54) is 48.9 Å². The molecule has 3 heteroatoms. The van der Waals surface area contributed by atoms with Gasteiger partial charge in [-0.2, -0.15) is 0 Å². The number of aromatic nitrogens is 1. The number of rotatable bonds is 4. The van der Waals surface area contributed by atoms with Gasteiger partial charge in [0.2, 0.25) is 0 Å². The quantitative estimate of drug-likeness (QED) is 0.845. The Kier molecular flexibility index (Phi) is 5.14. The van der Waals surface area contributed by atoms with Gasteiger partial charge in [0, 0.05) is 44.1 Å². The van der Waals surface area contributed by atoms with Gasteiger partial charge < -0.3 is 0 Å². The van der Waals surface area contributed by atoms with E-state index in [-0.39, 0.29) is 0 Å². The number of benzene rings is 1. The van der Waals surface area contributed by atoms with Crippen LogP contribution >= 0.6 is 0 Å². The molecule has 1 aromatic heterocycles. The molecule has 0 atom stereocenters. The van der Waals surface area contributed by atoms with Crippen LogP contribution in [-0.2, 0) is 19.5 Å². The molecule has 0 N–H and O–H groups in total. The van der Waals surface area contributed by atoms with Crippen LogP contribution in [0.1, 0.15) is 42.4 Å². The van der Waals surface area contributed by atoms with Crippen molar-refractivity contribution in [2.75, 3.05) is 13.6 Å². The van der Waals surface area contributed by atoms with E-state index < -0.39 is 0 Å². The maximum absolute atomic E-state index is 4.28. The second-order valence-corrected chi connectivity index (χ2v) is 7.73. The lowest BCUT2D eigenvalue weighted by Gasteiger charge is -2.41. The third kappa shape index (κ3) is 3.94. The van der Waals surface area contributed by atoms with Gasteiger partial charge in [-0.05, 0) is 61.9 Å². The minimum Gasteiger partial charge on any atom is -0.299 e. The van der Waals surface area contributed by atoms with Gasteiger partial charge in [-0.1, -0.05) is 30.3 Å². The zero-order chi connectivity index (χ0) is 17.1. The molecule has 2 heterocycles. The van der Waals surface area contributed by atoms with Crippen LogP contribution in [0.4, 0.5) is 0 Å². The molecule has 2 aliphatic rings. The lowest BCUT2D eigenvalue weighted by atomic mass is 9.87. The molecule has 0 unspecified atom stereocenters. The second-order valence-electron chi connectivity index (χ2n) is 7.73. The van der Waals surface area contributed by atoms with Crippen molar-refractivity contribution in [1.29, 1.82) is 0 Å². The summed E-state index contributed by atoms with van der Waals surface area (Å²) in [6.45, 7) is 3.39. The molecule has 0 radical (unpaired) electrons. The van der Waals surface area contributed by atoms with Crippen LogP contribution in [0.3, 0.4) is 0 Å². The van der Waals surface area contributed by atoms with Gasteiger partial charge in [-0.25, -0.2) is 0 Å². The fourth-order valence-electron chi connectivity index (χ4n) is 4.57. The molecule has 2 aromatic rings. The van der Waals surface area contributed by atoms with Crippen molar-refractivity contribution < 1.29 is 0 Å². The lowest BCUT2D eigenvalue weighted by molar-refractivity contribution is 0.0959. The largest absolute Gasteiger partial charge is 0.299 e. The first-order valence-electron chi connectivity index (χ1n) is 9.69. The van der Waals surface area contributed by atoms with Crippen molar-refractivity contribution >= 4 is 0 Å². The third-order valence-electron chi connectivity index (χ3n) is 6.13. The summed E-state index contributed by atoms with van der Waals surface area (Å²) < 4.78 is 0. The topological polar surface area (TPSA) is 19.4 Å². The maximum Gasteiger partial charge on any atom is 0.0303 e. The zero-order valence-corrected chi connectivity index (χ0v) is 15.3. The fourth-order valence-corrected chi connectivity index (χ4v) is 4.57. The molecule has 1 aromatic carbocycles. The van der Waals surface area contributed by atoms with E-state index in [4.69, 9.17) is 0 Å². The van der Waals surface area contributed by atoms with Gasteiger partial charge >= 0.3 is 0 Å². The predicted molar refractivity (Wildman–Crippen MR) is 102 cm³/mol. The Morgan fingerprint density at radius 3 is 2.64 bits per heavy atom.